The second kappa shape index (κ2) is 5.46. The van der Waals surface area contributed by atoms with Crippen LogP contribution in [0.3, 0.4) is 0 Å². The first-order valence-corrected chi connectivity index (χ1v) is 5.36. The van der Waals surface area contributed by atoms with Crippen LogP contribution in [0.15, 0.2) is 6.20 Å². The first kappa shape index (κ1) is 13.2. The predicted molar refractivity (Wildman–Crippen MR) is 57.8 cm³/mol. The summed E-state index contributed by atoms with van der Waals surface area (Å²) in [6.07, 6.45) is -2.05. The summed E-state index contributed by atoms with van der Waals surface area (Å²) in [6, 6.07) is 0. The fraction of sp³-hybridized carbons (Fsp3) is 0.333. The Morgan fingerprint density at radius 2 is 2.25 bits per heavy atom. The van der Waals surface area contributed by atoms with Crippen LogP contribution in [0.5, 0.6) is 0 Å². The molecule has 0 N–H and O–H groups in total. The second-order valence-electron chi connectivity index (χ2n) is 2.71. The minimum atomic E-state index is -2.83. The second-order valence-corrected chi connectivity index (χ2v) is 3.79. The smallest absolute Gasteiger partial charge is 0.360 e. The van der Waals surface area contributed by atoms with E-state index in [0.717, 1.165) is 6.20 Å². The lowest BCUT2D eigenvalue weighted by Gasteiger charge is -2.07. The fourth-order valence-corrected chi connectivity index (χ4v) is 1.60. The molecule has 1 aromatic rings. The molecule has 0 aliphatic rings. The molecule has 3 nitrogen and oxygen atoms in total. The van der Waals surface area contributed by atoms with E-state index >= 15 is 0 Å². The molecule has 16 heavy (non-hydrogen) atoms. The Hall–Kier alpha value is -0.860. The van der Waals surface area contributed by atoms with Gasteiger partial charge in [0.2, 0.25) is 0 Å². The molecule has 7 heteroatoms. The van der Waals surface area contributed by atoms with Crippen LogP contribution in [0.25, 0.3) is 0 Å². The molecule has 1 aromatic heterocycles. The highest BCUT2D eigenvalue weighted by atomic mass is 127. The topological polar surface area (TPSA) is 39.2 Å². The number of nitrogens with zero attached hydrogens (tertiary/aromatic N) is 1. The maximum absolute atomic E-state index is 13.5. The number of alkyl halides is 2. The number of rotatable bonds is 3. The number of carbonyl (C=O) groups excluding carboxylic acids is 1. The number of halogens is 4. The highest BCUT2D eigenvalue weighted by molar-refractivity contribution is 14.1. The SMILES string of the molecule is CCOC(=O)c1ncc(C(F)F)c(I)c1F. The quantitative estimate of drug-likeness (QED) is 0.625. The molecule has 88 valence electrons. The number of aromatic nitrogens is 1. The van der Waals surface area contributed by atoms with Crippen molar-refractivity contribution in [3.63, 3.8) is 0 Å². The van der Waals surface area contributed by atoms with Gasteiger partial charge in [-0.15, -0.1) is 0 Å². The summed E-state index contributed by atoms with van der Waals surface area (Å²) in [4.78, 5) is 14.5. The molecule has 0 unspecified atom stereocenters. The van der Waals surface area contributed by atoms with Crippen molar-refractivity contribution in [1.82, 2.24) is 4.98 Å². The van der Waals surface area contributed by atoms with Crippen molar-refractivity contribution in [1.29, 1.82) is 0 Å². The summed E-state index contributed by atoms with van der Waals surface area (Å²) in [5.41, 5.74) is -1.11. The van der Waals surface area contributed by atoms with Crippen LogP contribution >= 0.6 is 22.6 Å². The highest BCUT2D eigenvalue weighted by Gasteiger charge is 2.23. The fourth-order valence-electron chi connectivity index (χ4n) is 0.972. The Labute approximate surface area is 103 Å². The molecule has 0 saturated heterocycles. The van der Waals surface area contributed by atoms with Crippen molar-refractivity contribution >= 4 is 28.6 Å². The zero-order valence-corrected chi connectivity index (χ0v) is 10.3. The first-order valence-electron chi connectivity index (χ1n) is 4.28. The van der Waals surface area contributed by atoms with Gasteiger partial charge in [0.1, 0.15) is 0 Å². The monoisotopic (exact) mass is 345 g/mol. The molecule has 0 amide bonds. The van der Waals surface area contributed by atoms with E-state index in [9.17, 15) is 18.0 Å². The van der Waals surface area contributed by atoms with Gasteiger partial charge in [0.25, 0.3) is 6.43 Å². The van der Waals surface area contributed by atoms with Crippen LogP contribution in [-0.2, 0) is 4.74 Å². The summed E-state index contributed by atoms with van der Waals surface area (Å²) in [5.74, 6) is -2.03. The Morgan fingerprint density at radius 3 is 2.75 bits per heavy atom. The average Bonchev–Trinajstić information content (AvgIpc) is 2.21. The van der Waals surface area contributed by atoms with Crippen LogP contribution in [0.2, 0.25) is 0 Å². The van der Waals surface area contributed by atoms with Crippen LogP contribution in [-0.4, -0.2) is 17.6 Å². The molecular formula is C9H7F3INO2. The summed E-state index contributed by atoms with van der Waals surface area (Å²) in [5, 5.41) is 0. The molecule has 0 bridgehead atoms. The van der Waals surface area contributed by atoms with Crippen molar-refractivity contribution in [2.24, 2.45) is 0 Å². The van der Waals surface area contributed by atoms with Crippen molar-refractivity contribution in [2.75, 3.05) is 6.61 Å². The zero-order valence-electron chi connectivity index (χ0n) is 8.14. The predicted octanol–water partition coefficient (Wildman–Crippen LogP) is 2.94. The third kappa shape index (κ3) is 2.63. The summed E-state index contributed by atoms with van der Waals surface area (Å²) < 4.78 is 42.4. The lowest BCUT2D eigenvalue weighted by Crippen LogP contribution is -2.12. The number of carbonyl (C=O) groups is 1. The van der Waals surface area contributed by atoms with Crippen molar-refractivity contribution in [3.8, 4) is 0 Å². The third-order valence-corrected chi connectivity index (χ3v) is 2.79. The number of ether oxygens (including phenoxy) is 1. The minimum absolute atomic E-state index is 0.0626. The number of esters is 1. The molecule has 1 rings (SSSR count). The Balaban J connectivity index is 3.16. The molecule has 0 aliphatic carbocycles. The van der Waals surface area contributed by atoms with Crippen molar-refractivity contribution < 1.29 is 22.7 Å². The van der Waals surface area contributed by atoms with Gasteiger partial charge in [0.15, 0.2) is 11.5 Å². The lowest BCUT2D eigenvalue weighted by atomic mass is 10.2. The Morgan fingerprint density at radius 1 is 1.62 bits per heavy atom. The molecule has 0 radical (unpaired) electrons. The number of hydrogen-bond donors (Lipinski definition) is 0. The van der Waals surface area contributed by atoms with Gasteiger partial charge in [-0.2, -0.15) is 0 Å². The van der Waals surface area contributed by atoms with Gasteiger partial charge in [0.05, 0.1) is 15.7 Å². The Kier molecular flexibility index (Phi) is 4.51. The van der Waals surface area contributed by atoms with Gasteiger partial charge in [-0.3, -0.25) is 0 Å². The molecule has 0 atom stereocenters. The molecule has 1 heterocycles. The van der Waals surface area contributed by atoms with Crippen LogP contribution in [0.4, 0.5) is 13.2 Å². The zero-order chi connectivity index (χ0) is 12.3. The van der Waals surface area contributed by atoms with E-state index in [2.05, 4.69) is 9.72 Å². The summed E-state index contributed by atoms with van der Waals surface area (Å²) >= 11 is 1.40. The van der Waals surface area contributed by atoms with Gasteiger partial charge in [-0.05, 0) is 29.5 Å². The van der Waals surface area contributed by atoms with Gasteiger partial charge in [0, 0.05) is 6.20 Å². The normalized spacial score (nSPS) is 10.6. The molecule has 0 saturated carbocycles. The molecule has 0 spiro atoms. The van der Waals surface area contributed by atoms with E-state index in [0.29, 0.717) is 0 Å². The number of pyridine rings is 1. The standard InChI is InChI=1S/C9H7F3INO2/c1-2-16-9(15)7-5(10)6(13)4(3-14-7)8(11)12/h3,8H,2H2,1H3. The number of hydrogen-bond acceptors (Lipinski definition) is 3. The molecular weight excluding hydrogens is 338 g/mol. The van der Waals surface area contributed by atoms with E-state index in [1.54, 1.807) is 6.92 Å². The summed E-state index contributed by atoms with van der Waals surface area (Å²) in [7, 11) is 0. The van der Waals surface area contributed by atoms with Gasteiger partial charge < -0.3 is 4.74 Å². The van der Waals surface area contributed by atoms with E-state index in [-0.39, 0.29) is 10.2 Å². The first-order chi connectivity index (χ1) is 7.49. The van der Waals surface area contributed by atoms with E-state index < -0.39 is 29.5 Å². The average molecular weight is 345 g/mol. The van der Waals surface area contributed by atoms with Gasteiger partial charge in [-0.25, -0.2) is 22.9 Å². The lowest BCUT2D eigenvalue weighted by molar-refractivity contribution is 0.0512. The summed E-state index contributed by atoms with van der Waals surface area (Å²) in [6.45, 7) is 1.61. The van der Waals surface area contributed by atoms with E-state index in [4.69, 9.17) is 0 Å². The van der Waals surface area contributed by atoms with Crippen LogP contribution in [0, 0.1) is 9.39 Å². The maximum atomic E-state index is 13.5. The van der Waals surface area contributed by atoms with E-state index in [1.807, 2.05) is 0 Å². The maximum Gasteiger partial charge on any atom is 0.360 e. The van der Waals surface area contributed by atoms with E-state index in [1.165, 1.54) is 22.6 Å². The largest absolute Gasteiger partial charge is 0.461 e. The third-order valence-electron chi connectivity index (χ3n) is 1.69. The van der Waals surface area contributed by atoms with Gasteiger partial charge >= 0.3 is 5.97 Å². The molecule has 0 aliphatic heterocycles. The van der Waals surface area contributed by atoms with Crippen molar-refractivity contribution in [3.05, 3.63) is 26.8 Å². The van der Waals surface area contributed by atoms with Crippen molar-refractivity contribution in [2.45, 2.75) is 13.3 Å². The Bertz CT molecular complexity index is 412. The van der Waals surface area contributed by atoms with Crippen LogP contribution in [0.1, 0.15) is 29.4 Å². The highest BCUT2D eigenvalue weighted by Crippen LogP contribution is 2.26. The van der Waals surface area contributed by atoms with Gasteiger partial charge in [-0.1, -0.05) is 0 Å². The molecule has 0 fully saturated rings. The minimum Gasteiger partial charge on any atom is -0.461 e. The van der Waals surface area contributed by atoms with Crippen LogP contribution < -0.4 is 0 Å². The molecule has 0 aromatic carbocycles.